The molecule has 26 heavy (non-hydrogen) atoms. The molecule has 1 aromatic heterocycles. The Kier molecular flexibility index (Phi) is 5.93. The van der Waals surface area contributed by atoms with E-state index in [2.05, 4.69) is 15.3 Å². The third-order valence-electron chi connectivity index (χ3n) is 5.03. The van der Waals surface area contributed by atoms with Gasteiger partial charge in [-0.05, 0) is 25.2 Å². The molecular formula is C18H29N5O3. The third-order valence-corrected chi connectivity index (χ3v) is 5.03. The lowest BCUT2D eigenvalue weighted by Gasteiger charge is -2.24. The van der Waals surface area contributed by atoms with Gasteiger partial charge in [-0.2, -0.15) is 5.10 Å². The van der Waals surface area contributed by atoms with Crippen LogP contribution in [-0.2, 0) is 14.3 Å². The van der Waals surface area contributed by atoms with E-state index in [1.807, 2.05) is 10.9 Å². The predicted octanol–water partition coefficient (Wildman–Crippen LogP) is 0.972. The number of hydrogen-bond donors (Lipinski definition) is 1. The molecule has 2 amide bonds. The highest BCUT2D eigenvalue weighted by molar-refractivity contribution is 5.88. The highest BCUT2D eigenvalue weighted by atomic mass is 16.5. The van der Waals surface area contributed by atoms with E-state index in [-0.39, 0.29) is 24.5 Å². The van der Waals surface area contributed by atoms with Crippen molar-refractivity contribution in [1.29, 1.82) is 0 Å². The summed E-state index contributed by atoms with van der Waals surface area (Å²) in [6.07, 6.45) is 7.13. The summed E-state index contributed by atoms with van der Waals surface area (Å²) in [6, 6.07) is 0.554. The summed E-state index contributed by atoms with van der Waals surface area (Å²) in [4.78, 5) is 26.9. The number of carbonyl (C=O) groups is 2. The number of likely N-dealkylation sites (tertiary alicyclic amines) is 1. The maximum atomic E-state index is 11.7. The summed E-state index contributed by atoms with van der Waals surface area (Å²) in [6.45, 7) is 4.19. The van der Waals surface area contributed by atoms with Crippen molar-refractivity contribution < 1.29 is 14.3 Å². The molecule has 0 spiro atoms. The number of anilines is 1. The average molecular weight is 363 g/mol. The van der Waals surface area contributed by atoms with Crippen LogP contribution in [0.15, 0.2) is 12.4 Å². The minimum Gasteiger partial charge on any atom is -0.370 e. The lowest BCUT2D eigenvalue weighted by molar-refractivity contribution is -0.134. The highest BCUT2D eigenvalue weighted by Crippen LogP contribution is 2.35. The quantitative estimate of drug-likeness (QED) is 0.745. The molecule has 2 atom stereocenters. The standard InChI is InChI=1S/C18H29N5O3/c1-13(24)20-15-7-19-23(9-15)16-6-17(11-26-12-18(25)21(2)3)22(10-16)8-14-4-5-14/h7,9,14,16-17H,4-6,8,10-12H2,1-3H3,(H,20,24)/t16-,17-/m0/s1. The molecular weight excluding hydrogens is 334 g/mol. The Morgan fingerprint density at radius 1 is 1.38 bits per heavy atom. The maximum absolute atomic E-state index is 11.7. The zero-order valence-electron chi connectivity index (χ0n) is 15.9. The van der Waals surface area contributed by atoms with Gasteiger partial charge in [-0.3, -0.25) is 19.2 Å². The molecule has 2 heterocycles. The van der Waals surface area contributed by atoms with Crippen LogP contribution in [0, 0.1) is 5.92 Å². The smallest absolute Gasteiger partial charge is 0.248 e. The van der Waals surface area contributed by atoms with Gasteiger partial charge in [0.1, 0.15) is 6.61 Å². The molecule has 0 unspecified atom stereocenters. The Labute approximate surface area is 154 Å². The molecule has 8 nitrogen and oxygen atoms in total. The topological polar surface area (TPSA) is 79.7 Å². The van der Waals surface area contributed by atoms with Gasteiger partial charge in [0, 0.05) is 46.3 Å². The Morgan fingerprint density at radius 3 is 2.81 bits per heavy atom. The molecule has 2 aliphatic rings. The van der Waals surface area contributed by atoms with Crippen LogP contribution < -0.4 is 5.32 Å². The van der Waals surface area contributed by atoms with Gasteiger partial charge in [0.25, 0.3) is 0 Å². The first-order valence-electron chi connectivity index (χ1n) is 9.26. The van der Waals surface area contributed by atoms with E-state index in [1.54, 1.807) is 25.2 Å². The number of aromatic nitrogens is 2. The Morgan fingerprint density at radius 2 is 2.15 bits per heavy atom. The van der Waals surface area contributed by atoms with Gasteiger partial charge in [0.05, 0.1) is 24.5 Å². The van der Waals surface area contributed by atoms with Crippen molar-refractivity contribution in [3.8, 4) is 0 Å². The summed E-state index contributed by atoms with van der Waals surface area (Å²) in [5, 5.41) is 7.19. The fourth-order valence-electron chi connectivity index (χ4n) is 3.40. The van der Waals surface area contributed by atoms with Crippen molar-refractivity contribution in [3.05, 3.63) is 12.4 Å². The lowest BCUT2D eigenvalue weighted by Crippen LogP contribution is -2.36. The SMILES string of the molecule is CC(=O)Nc1cnn([C@H]2C[C@@H](COCC(=O)N(C)C)N(CC3CC3)C2)c1. The van der Waals surface area contributed by atoms with E-state index in [9.17, 15) is 9.59 Å². The van der Waals surface area contributed by atoms with Crippen LogP contribution in [0.1, 0.15) is 32.2 Å². The lowest BCUT2D eigenvalue weighted by atomic mass is 10.2. The van der Waals surface area contributed by atoms with Crippen LogP contribution in [-0.4, -0.2) is 77.8 Å². The number of rotatable bonds is 8. The number of carbonyl (C=O) groups excluding carboxylic acids is 2. The van der Waals surface area contributed by atoms with Crippen molar-refractivity contribution in [2.45, 2.75) is 38.3 Å². The molecule has 1 N–H and O–H groups in total. The minimum atomic E-state index is -0.0943. The molecule has 0 radical (unpaired) electrons. The van der Waals surface area contributed by atoms with Crippen LogP contribution >= 0.6 is 0 Å². The van der Waals surface area contributed by atoms with Crippen molar-refractivity contribution in [2.75, 3.05) is 45.7 Å². The largest absolute Gasteiger partial charge is 0.370 e. The number of hydrogen-bond acceptors (Lipinski definition) is 5. The zero-order valence-corrected chi connectivity index (χ0v) is 15.9. The van der Waals surface area contributed by atoms with Gasteiger partial charge in [-0.15, -0.1) is 0 Å². The van der Waals surface area contributed by atoms with Crippen molar-refractivity contribution in [1.82, 2.24) is 19.6 Å². The Hall–Kier alpha value is -1.93. The van der Waals surface area contributed by atoms with Crippen LogP contribution in [0.25, 0.3) is 0 Å². The molecule has 1 saturated carbocycles. The zero-order chi connectivity index (χ0) is 18.7. The second kappa shape index (κ2) is 8.18. The van der Waals surface area contributed by atoms with Crippen molar-refractivity contribution in [3.63, 3.8) is 0 Å². The van der Waals surface area contributed by atoms with Crippen molar-refractivity contribution >= 4 is 17.5 Å². The number of amides is 2. The molecule has 1 aromatic rings. The van der Waals surface area contributed by atoms with E-state index in [4.69, 9.17) is 4.74 Å². The minimum absolute atomic E-state index is 0.0136. The van der Waals surface area contributed by atoms with E-state index in [0.717, 1.165) is 31.1 Å². The van der Waals surface area contributed by atoms with Gasteiger partial charge in [0.2, 0.25) is 11.8 Å². The second-order valence-electron chi connectivity index (χ2n) is 7.63. The average Bonchev–Trinajstić information content (AvgIpc) is 3.11. The normalized spacial score (nSPS) is 23.2. The number of nitrogens with one attached hydrogen (secondary N) is 1. The Bertz CT molecular complexity index is 641. The number of likely N-dealkylation sites (N-methyl/N-ethyl adjacent to an activating group) is 1. The van der Waals surface area contributed by atoms with E-state index < -0.39 is 0 Å². The summed E-state index contributed by atoms with van der Waals surface area (Å²) in [5.41, 5.74) is 0.725. The molecule has 3 rings (SSSR count). The molecule has 8 heteroatoms. The first kappa shape index (κ1) is 18.8. The molecule has 1 saturated heterocycles. The fourth-order valence-corrected chi connectivity index (χ4v) is 3.40. The van der Waals surface area contributed by atoms with E-state index in [1.165, 1.54) is 19.8 Å². The number of ether oxygens (including phenoxy) is 1. The predicted molar refractivity (Wildman–Crippen MR) is 97.8 cm³/mol. The van der Waals surface area contributed by atoms with Crippen LogP contribution in [0.3, 0.4) is 0 Å². The summed E-state index contributed by atoms with van der Waals surface area (Å²) < 4.78 is 7.64. The number of nitrogens with zero attached hydrogens (tertiary/aromatic N) is 4. The van der Waals surface area contributed by atoms with E-state index >= 15 is 0 Å². The van der Waals surface area contributed by atoms with Gasteiger partial charge in [0.15, 0.2) is 0 Å². The highest BCUT2D eigenvalue weighted by Gasteiger charge is 2.37. The van der Waals surface area contributed by atoms with Gasteiger partial charge in [-0.25, -0.2) is 0 Å². The molecule has 144 valence electrons. The van der Waals surface area contributed by atoms with Gasteiger partial charge < -0.3 is 15.0 Å². The first-order valence-corrected chi connectivity index (χ1v) is 9.26. The summed E-state index contributed by atoms with van der Waals surface area (Å²) in [5.74, 6) is 0.690. The maximum Gasteiger partial charge on any atom is 0.248 e. The van der Waals surface area contributed by atoms with E-state index in [0.29, 0.717) is 12.6 Å². The molecule has 1 aliphatic carbocycles. The fraction of sp³-hybridized carbons (Fsp3) is 0.722. The summed E-state index contributed by atoms with van der Waals surface area (Å²) >= 11 is 0. The molecule has 0 bridgehead atoms. The summed E-state index contributed by atoms with van der Waals surface area (Å²) in [7, 11) is 3.47. The monoisotopic (exact) mass is 363 g/mol. The van der Waals surface area contributed by atoms with Crippen LogP contribution in [0.5, 0.6) is 0 Å². The Balaban J connectivity index is 1.57. The molecule has 1 aliphatic heterocycles. The third kappa shape index (κ3) is 5.04. The first-order chi connectivity index (χ1) is 12.4. The second-order valence-corrected chi connectivity index (χ2v) is 7.63. The molecule has 2 fully saturated rings. The van der Waals surface area contributed by atoms with Crippen LogP contribution in [0.2, 0.25) is 0 Å². The molecule has 0 aromatic carbocycles. The van der Waals surface area contributed by atoms with Crippen molar-refractivity contribution in [2.24, 2.45) is 5.92 Å². The van der Waals surface area contributed by atoms with Gasteiger partial charge >= 0.3 is 0 Å². The van der Waals surface area contributed by atoms with Crippen LogP contribution in [0.4, 0.5) is 5.69 Å². The van der Waals surface area contributed by atoms with Gasteiger partial charge in [-0.1, -0.05) is 0 Å².